The first kappa shape index (κ1) is 30.6. The van der Waals surface area contributed by atoms with E-state index in [1.165, 1.54) is 16.2 Å². The van der Waals surface area contributed by atoms with Crippen molar-refractivity contribution in [3.05, 3.63) is 76.2 Å². The predicted molar refractivity (Wildman–Crippen MR) is 177 cm³/mol. The Morgan fingerprint density at radius 2 is 1.95 bits per heavy atom. The van der Waals surface area contributed by atoms with Gasteiger partial charge >= 0.3 is 5.97 Å². The molecule has 1 amide bonds. The number of amides is 1. The number of esters is 1. The molecule has 7 nitrogen and oxygen atoms in total. The van der Waals surface area contributed by atoms with Gasteiger partial charge < -0.3 is 14.8 Å². The van der Waals surface area contributed by atoms with E-state index in [1.54, 1.807) is 6.07 Å². The van der Waals surface area contributed by atoms with E-state index in [9.17, 15) is 9.59 Å². The summed E-state index contributed by atoms with van der Waals surface area (Å²) in [7, 11) is 0. The summed E-state index contributed by atoms with van der Waals surface area (Å²) in [5.74, 6) is 0.974. The van der Waals surface area contributed by atoms with Gasteiger partial charge in [0, 0.05) is 15.8 Å². The van der Waals surface area contributed by atoms with Crippen molar-refractivity contribution in [3.8, 4) is 17.0 Å². The number of para-hydroxylation sites is 1. The van der Waals surface area contributed by atoms with Gasteiger partial charge in [0.05, 0.1) is 35.6 Å². The second-order valence-corrected chi connectivity index (χ2v) is 12.9. The van der Waals surface area contributed by atoms with Gasteiger partial charge in [-0.1, -0.05) is 58.0 Å². The largest absolute Gasteiger partial charge is 0.493 e. The molecule has 2 aromatic heterocycles. The van der Waals surface area contributed by atoms with Crippen LogP contribution < -0.4 is 15.4 Å². The lowest BCUT2D eigenvalue weighted by atomic mass is 9.88. The Kier molecular flexibility index (Phi) is 9.72. The van der Waals surface area contributed by atoms with Crippen molar-refractivity contribution < 1.29 is 19.1 Å². The number of hydrogen-bond donors (Lipinski definition) is 2. The monoisotopic (exact) mass is 615 g/mol. The van der Waals surface area contributed by atoms with Crippen LogP contribution in [0.25, 0.3) is 22.2 Å². The molecule has 0 radical (unpaired) electrons. The van der Waals surface area contributed by atoms with Gasteiger partial charge in [0.1, 0.15) is 10.8 Å². The van der Waals surface area contributed by atoms with E-state index in [0.29, 0.717) is 57.8 Å². The number of ether oxygens (including phenoxy) is 2. The first-order chi connectivity index (χ1) is 20.7. The predicted octanol–water partition coefficient (Wildman–Crippen LogP) is 7.82. The molecule has 1 aliphatic carbocycles. The average Bonchev–Trinajstić information content (AvgIpc) is 3.34. The van der Waals surface area contributed by atoms with Crippen molar-refractivity contribution in [2.45, 2.75) is 53.4 Å². The number of thiocarbonyl (C=S) groups is 1. The Labute approximate surface area is 262 Å². The van der Waals surface area contributed by atoms with Crippen molar-refractivity contribution in [3.63, 3.8) is 0 Å². The minimum atomic E-state index is -0.366. The van der Waals surface area contributed by atoms with Crippen LogP contribution in [0.15, 0.2) is 54.6 Å². The zero-order chi connectivity index (χ0) is 30.5. The molecular formula is C34H37N3O4S2. The highest BCUT2D eigenvalue weighted by molar-refractivity contribution is 7.80. The summed E-state index contributed by atoms with van der Waals surface area (Å²) in [6.07, 6.45) is 3.48. The smallest absolute Gasteiger partial charge is 0.341 e. The summed E-state index contributed by atoms with van der Waals surface area (Å²) in [5, 5.41) is 7.44. The number of fused-ring (bicyclic) bond motifs is 2. The molecule has 43 heavy (non-hydrogen) atoms. The standard InChI is InChI=1S/C34H37N3O4S2/c1-5-15-40-33(39)30-25-14-13-21(4)16-29(25)43-32(30)37-34(42)36-31(38)26-18-28(35-27-12-7-6-11-24(26)27)22-9-8-10-23(17-22)41-19-20(2)3/h6-12,17-18,20-21H,5,13-16,19H2,1-4H3,(H2,36,37,38,42). The van der Waals surface area contributed by atoms with Gasteiger partial charge in [0.15, 0.2) is 5.11 Å². The third-order valence-corrected chi connectivity index (χ3v) is 8.66. The zero-order valence-corrected chi connectivity index (χ0v) is 26.6. The highest BCUT2D eigenvalue weighted by Crippen LogP contribution is 2.40. The Morgan fingerprint density at radius 3 is 2.74 bits per heavy atom. The number of nitrogens with one attached hydrogen (secondary N) is 2. The maximum Gasteiger partial charge on any atom is 0.341 e. The van der Waals surface area contributed by atoms with Gasteiger partial charge in [-0.05, 0) is 79.6 Å². The van der Waals surface area contributed by atoms with Crippen LogP contribution in [0.1, 0.15) is 71.7 Å². The maximum absolute atomic E-state index is 13.7. The van der Waals surface area contributed by atoms with Crippen LogP contribution in [0.3, 0.4) is 0 Å². The second kappa shape index (κ2) is 13.7. The number of rotatable bonds is 9. The summed E-state index contributed by atoms with van der Waals surface area (Å²) in [5.41, 5.74) is 4.20. The van der Waals surface area contributed by atoms with E-state index in [0.717, 1.165) is 42.6 Å². The molecule has 1 unspecified atom stereocenters. The number of aromatic nitrogens is 1. The minimum Gasteiger partial charge on any atom is -0.493 e. The molecule has 1 atom stereocenters. The van der Waals surface area contributed by atoms with Gasteiger partial charge in [-0.25, -0.2) is 9.78 Å². The van der Waals surface area contributed by atoms with Crippen LogP contribution >= 0.6 is 23.6 Å². The first-order valence-electron chi connectivity index (χ1n) is 14.8. The molecule has 224 valence electrons. The molecule has 1 aliphatic rings. The van der Waals surface area contributed by atoms with E-state index in [4.69, 9.17) is 26.7 Å². The van der Waals surface area contributed by atoms with Crippen molar-refractivity contribution in [2.24, 2.45) is 11.8 Å². The fraction of sp³-hybridized carbons (Fsp3) is 0.353. The van der Waals surface area contributed by atoms with E-state index in [1.807, 2.05) is 55.5 Å². The van der Waals surface area contributed by atoms with Gasteiger partial charge in [-0.15, -0.1) is 11.3 Å². The number of hydrogen-bond acceptors (Lipinski definition) is 7. The van der Waals surface area contributed by atoms with Crippen LogP contribution in [0, 0.1) is 11.8 Å². The highest BCUT2D eigenvalue weighted by Gasteiger charge is 2.29. The van der Waals surface area contributed by atoms with Gasteiger partial charge in [0.2, 0.25) is 0 Å². The van der Waals surface area contributed by atoms with Gasteiger partial charge in [-0.2, -0.15) is 0 Å². The molecule has 4 aromatic rings. The van der Waals surface area contributed by atoms with Gasteiger partial charge in [-0.3, -0.25) is 10.1 Å². The molecule has 0 saturated carbocycles. The summed E-state index contributed by atoms with van der Waals surface area (Å²) in [6.45, 7) is 9.35. The SMILES string of the molecule is CCCOC(=O)c1c(NC(=S)NC(=O)c2cc(-c3cccc(OCC(C)C)c3)nc3ccccc23)sc2c1CCC(C)C2. The summed E-state index contributed by atoms with van der Waals surface area (Å²) < 4.78 is 11.4. The van der Waals surface area contributed by atoms with E-state index in [-0.39, 0.29) is 17.0 Å². The quantitative estimate of drug-likeness (QED) is 0.147. The summed E-state index contributed by atoms with van der Waals surface area (Å²) in [4.78, 5) is 32.8. The molecular weight excluding hydrogens is 579 g/mol. The van der Waals surface area contributed by atoms with Crippen molar-refractivity contribution >= 4 is 56.4 Å². The van der Waals surface area contributed by atoms with E-state index in [2.05, 4.69) is 31.4 Å². The Balaban J connectivity index is 1.41. The fourth-order valence-electron chi connectivity index (χ4n) is 5.15. The third kappa shape index (κ3) is 7.22. The molecule has 0 spiro atoms. The number of nitrogens with zero attached hydrogens (tertiary/aromatic N) is 1. The van der Waals surface area contributed by atoms with Crippen LogP contribution in [-0.2, 0) is 17.6 Å². The Morgan fingerprint density at radius 1 is 1.14 bits per heavy atom. The Hall–Kier alpha value is -3.82. The van der Waals surface area contributed by atoms with Crippen molar-refractivity contribution in [1.29, 1.82) is 0 Å². The van der Waals surface area contributed by atoms with E-state index >= 15 is 0 Å². The summed E-state index contributed by atoms with van der Waals surface area (Å²) >= 11 is 7.12. The average molecular weight is 616 g/mol. The molecule has 0 aliphatic heterocycles. The fourth-order valence-corrected chi connectivity index (χ4v) is 6.81. The molecule has 0 fully saturated rings. The van der Waals surface area contributed by atoms with Crippen LogP contribution in [0.2, 0.25) is 0 Å². The first-order valence-corrected chi connectivity index (χ1v) is 16.0. The second-order valence-electron chi connectivity index (χ2n) is 11.4. The minimum absolute atomic E-state index is 0.118. The molecule has 2 aromatic carbocycles. The van der Waals surface area contributed by atoms with Crippen LogP contribution in [0.5, 0.6) is 5.75 Å². The highest BCUT2D eigenvalue weighted by atomic mass is 32.1. The normalized spacial score (nSPS) is 14.3. The molecule has 5 rings (SSSR count). The third-order valence-electron chi connectivity index (χ3n) is 7.28. The molecule has 0 bridgehead atoms. The number of carbonyl (C=O) groups is 2. The topological polar surface area (TPSA) is 89.6 Å². The number of thiophene rings is 1. The van der Waals surface area contributed by atoms with E-state index < -0.39 is 0 Å². The van der Waals surface area contributed by atoms with Gasteiger partial charge in [0.25, 0.3) is 5.91 Å². The molecule has 9 heteroatoms. The number of carbonyl (C=O) groups excluding carboxylic acids is 2. The molecule has 0 saturated heterocycles. The number of anilines is 1. The lowest BCUT2D eigenvalue weighted by Crippen LogP contribution is -2.34. The summed E-state index contributed by atoms with van der Waals surface area (Å²) in [6, 6.07) is 17.0. The lowest BCUT2D eigenvalue weighted by molar-refractivity contribution is 0.0505. The van der Waals surface area contributed by atoms with Crippen molar-refractivity contribution in [1.82, 2.24) is 10.3 Å². The number of benzene rings is 2. The lowest BCUT2D eigenvalue weighted by Gasteiger charge is -2.18. The van der Waals surface area contributed by atoms with Crippen LogP contribution in [0.4, 0.5) is 5.00 Å². The molecule has 2 N–H and O–H groups in total. The maximum atomic E-state index is 13.7. The van der Waals surface area contributed by atoms with Crippen molar-refractivity contribution in [2.75, 3.05) is 18.5 Å². The van der Waals surface area contributed by atoms with Crippen LogP contribution in [-0.4, -0.2) is 35.2 Å². The Bertz CT molecular complexity index is 1660. The zero-order valence-electron chi connectivity index (χ0n) is 25.0. The number of pyridine rings is 1. The molecule has 2 heterocycles.